The van der Waals surface area contributed by atoms with Gasteiger partial charge in [-0.3, -0.25) is 4.79 Å². The van der Waals surface area contributed by atoms with Gasteiger partial charge in [0.15, 0.2) is 15.0 Å². The number of amides is 1. The van der Waals surface area contributed by atoms with Crippen LogP contribution in [-0.4, -0.2) is 51.4 Å². The maximum atomic E-state index is 13.1. The van der Waals surface area contributed by atoms with Crippen LogP contribution in [0.1, 0.15) is 18.4 Å². The van der Waals surface area contributed by atoms with E-state index in [1.54, 1.807) is 0 Å². The van der Waals surface area contributed by atoms with E-state index in [1.807, 2.05) is 25.1 Å². The van der Waals surface area contributed by atoms with E-state index in [9.17, 15) is 21.6 Å². The van der Waals surface area contributed by atoms with E-state index in [0.717, 1.165) is 22.0 Å². The fraction of sp³-hybridized carbons (Fsp3) is 0.333. The number of piperidine rings is 1. The molecule has 32 heavy (non-hydrogen) atoms. The van der Waals surface area contributed by atoms with E-state index in [0.29, 0.717) is 18.0 Å². The number of sulfone groups is 1. The Kier molecular flexibility index (Phi) is 6.10. The monoisotopic (exact) mass is 493 g/mol. The van der Waals surface area contributed by atoms with E-state index in [4.69, 9.17) is 0 Å². The Morgan fingerprint density at radius 3 is 2.31 bits per heavy atom. The van der Waals surface area contributed by atoms with Crippen LogP contribution in [0.4, 0.5) is 5.13 Å². The summed E-state index contributed by atoms with van der Waals surface area (Å²) in [6.07, 6.45) is 1.67. The molecule has 4 rings (SSSR count). The molecule has 0 spiro atoms. The second-order valence-electron chi connectivity index (χ2n) is 7.83. The second kappa shape index (κ2) is 8.54. The molecular weight excluding hydrogens is 470 g/mol. The van der Waals surface area contributed by atoms with Gasteiger partial charge in [-0.25, -0.2) is 21.8 Å². The third-order valence-corrected chi connectivity index (χ3v) is 9.72. The smallest absolute Gasteiger partial charge is 0.244 e. The van der Waals surface area contributed by atoms with Gasteiger partial charge in [-0.1, -0.05) is 35.6 Å². The van der Waals surface area contributed by atoms with Gasteiger partial charge >= 0.3 is 0 Å². The lowest BCUT2D eigenvalue weighted by Crippen LogP contribution is -2.41. The normalized spacial score (nSPS) is 16.3. The molecule has 1 N–H and O–H groups in total. The molecule has 1 aliphatic heterocycles. The van der Waals surface area contributed by atoms with Crippen LogP contribution in [0.15, 0.2) is 52.3 Å². The number of aryl methyl sites for hydroxylation is 1. The molecule has 0 atom stereocenters. The van der Waals surface area contributed by atoms with Crippen LogP contribution >= 0.6 is 11.3 Å². The number of carbonyl (C=O) groups excluding carboxylic acids is 1. The highest BCUT2D eigenvalue weighted by molar-refractivity contribution is 7.93. The van der Waals surface area contributed by atoms with E-state index < -0.39 is 19.9 Å². The lowest BCUT2D eigenvalue weighted by molar-refractivity contribution is -0.120. The Balaban J connectivity index is 1.46. The number of benzene rings is 2. The zero-order valence-corrected chi connectivity index (χ0v) is 20.1. The highest BCUT2D eigenvalue weighted by atomic mass is 32.2. The number of fused-ring (bicyclic) bond motifs is 1. The summed E-state index contributed by atoms with van der Waals surface area (Å²) in [5.41, 5.74) is 1.89. The van der Waals surface area contributed by atoms with Gasteiger partial charge in [0.25, 0.3) is 0 Å². The summed E-state index contributed by atoms with van der Waals surface area (Å²) in [5.74, 6) is -0.532. The van der Waals surface area contributed by atoms with Crippen molar-refractivity contribution in [2.24, 2.45) is 5.92 Å². The Bertz CT molecular complexity index is 1390. The quantitative estimate of drug-likeness (QED) is 0.584. The number of nitrogens with zero attached hydrogens (tertiary/aromatic N) is 2. The van der Waals surface area contributed by atoms with Crippen LogP contribution in [-0.2, 0) is 24.7 Å². The van der Waals surface area contributed by atoms with Crippen LogP contribution in [0.5, 0.6) is 0 Å². The van der Waals surface area contributed by atoms with Gasteiger partial charge in [-0.05, 0) is 43.5 Å². The van der Waals surface area contributed by atoms with E-state index in [-0.39, 0.29) is 34.7 Å². The second-order valence-corrected chi connectivity index (χ2v) is 12.7. The minimum absolute atomic E-state index is 0.136. The number of anilines is 1. The molecule has 0 saturated carbocycles. The maximum absolute atomic E-state index is 13.1. The zero-order valence-electron chi connectivity index (χ0n) is 17.6. The van der Waals surface area contributed by atoms with Gasteiger partial charge < -0.3 is 5.32 Å². The van der Waals surface area contributed by atoms with Gasteiger partial charge in [0, 0.05) is 25.3 Å². The summed E-state index contributed by atoms with van der Waals surface area (Å²) in [6.45, 7) is 2.24. The number of sulfonamides is 1. The summed E-state index contributed by atoms with van der Waals surface area (Å²) >= 11 is 1.40. The van der Waals surface area contributed by atoms with Crippen LogP contribution in [0.3, 0.4) is 0 Å². The number of hydrogen-bond donors (Lipinski definition) is 1. The fourth-order valence-corrected chi connectivity index (χ4v) is 7.83. The molecule has 1 amide bonds. The molecule has 3 aromatic rings. The van der Waals surface area contributed by atoms with Crippen LogP contribution in [0.25, 0.3) is 10.2 Å². The standard InChI is InChI=1S/C21H23N3O5S3/c1-14-6-5-7-16-19(14)22-21(30-16)23-20(25)15-10-12-24(13-11-15)32(28,29)18-9-4-3-8-17(18)31(2,26)27/h3-9,15H,10-13H2,1-2H3,(H,22,23,25). The molecule has 0 radical (unpaired) electrons. The van der Waals surface area contributed by atoms with Gasteiger partial charge in [-0.2, -0.15) is 4.31 Å². The lowest BCUT2D eigenvalue weighted by Gasteiger charge is -2.30. The molecular formula is C21H23N3O5S3. The molecule has 1 fully saturated rings. The average Bonchev–Trinajstić information content (AvgIpc) is 3.17. The van der Waals surface area contributed by atoms with Crippen molar-refractivity contribution in [3.8, 4) is 0 Å². The molecule has 8 nitrogen and oxygen atoms in total. The molecule has 11 heteroatoms. The van der Waals surface area contributed by atoms with Gasteiger partial charge in [0.2, 0.25) is 15.9 Å². The fourth-order valence-electron chi connectivity index (χ4n) is 3.81. The molecule has 2 aromatic carbocycles. The summed E-state index contributed by atoms with van der Waals surface area (Å²) in [6, 6.07) is 11.5. The van der Waals surface area contributed by atoms with Crippen molar-refractivity contribution in [1.29, 1.82) is 0 Å². The molecule has 1 aromatic heterocycles. The number of carbonyl (C=O) groups is 1. The van der Waals surface area contributed by atoms with Crippen molar-refractivity contribution < 1.29 is 21.6 Å². The first-order chi connectivity index (χ1) is 15.1. The topological polar surface area (TPSA) is 114 Å². The van der Waals surface area contributed by atoms with Crippen molar-refractivity contribution in [2.45, 2.75) is 29.6 Å². The number of aromatic nitrogens is 1. The van der Waals surface area contributed by atoms with Crippen molar-refractivity contribution in [2.75, 3.05) is 24.7 Å². The Labute approximate surface area is 191 Å². The maximum Gasteiger partial charge on any atom is 0.244 e. The Morgan fingerprint density at radius 1 is 1.03 bits per heavy atom. The zero-order chi connectivity index (χ0) is 23.1. The first-order valence-electron chi connectivity index (χ1n) is 10.0. The number of hydrogen-bond acceptors (Lipinski definition) is 7. The first-order valence-corrected chi connectivity index (χ1v) is 14.2. The predicted molar refractivity (Wildman–Crippen MR) is 124 cm³/mol. The van der Waals surface area contributed by atoms with Crippen molar-refractivity contribution in [3.63, 3.8) is 0 Å². The van der Waals surface area contributed by atoms with E-state index >= 15 is 0 Å². The third-order valence-electron chi connectivity index (χ3n) is 5.54. The molecule has 0 unspecified atom stereocenters. The number of thiazole rings is 1. The summed E-state index contributed by atoms with van der Waals surface area (Å²) in [5, 5.41) is 3.39. The lowest BCUT2D eigenvalue weighted by atomic mass is 9.97. The minimum Gasteiger partial charge on any atom is -0.302 e. The van der Waals surface area contributed by atoms with Gasteiger partial charge in [0.1, 0.15) is 4.90 Å². The minimum atomic E-state index is -3.99. The Morgan fingerprint density at radius 2 is 1.69 bits per heavy atom. The van der Waals surface area contributed by atoms with Crippen molar-refractivity contribution in [1.82, 2.24) is 9.29 Å². The number of rotatable bonds is 5. The van der Waals surface area contributed by atoms with Crippen molar-refractivity contribution >= 4 is 52.5 Å². The number of nitrogens with one attached hydrogen (secondary N) is 1. The predicted octanol–water partition coefficient (Wildman–Crippen LogP) is 3.05. The summed E-state index contributed by atoms with van der Waals surface area (Å²) in [4.78, 5) is 16.8. The summed E-state index contributed by atoms with van der Waals surface area (Å²) in [7, 11) is -7.70. The summed E-state index contributed by atoms with van der Waals surface area (Å²) < 4.78 is 52.5. The van der Waals surface area contributed by atoms with E-state index in [2.05, 4.69) is 10.3 Å². The Hall–Kier alpha value is -2.34. The highest BCUT2D eigenvalue weighted by Crippen LogP contribution is 2.31. The van der Waals surface area contributed by atoms with Gasteiger partial charge in [-0.15, -0.1) is 0 Å². The molecule has 0 bridgehead atoms. The molecule has 170 valence electrons. The largest absolute Gasteiger partial charge is 0.302 e. The molecule has 2 heterocycles. The molecule has 1 saturated heterocycles. The van der Waals surface area contributed by atoms with Crippen molar-refractivity contribution in [3.05, 3.63) is 48.0 Å². The van der Waals surface area contributed by atoms with Crippen LogP contribution in [0, 0.1) is 12.8 Å². The van der Waals surface area contributed by atoms with Gasteiger partial charge in [0.05, 0.1) is 15.1 Å². The first kappa shape index (κ1) is 22.8. The molecule has 1 aliphatic rings. The van der Waals surface area contributed by atoms with E-state index in [1.165, 1.54) is 39.9 Å². The third kappa shape index (κ3) is 4.42. The molecule has 0 aliphatic carbocycles. The average molecular weight is 494 g/mol. The number of para-hydroxylation sites is 1. The SMILES string of the molecule is Cc1cccc2sc(NC(=O)C3CCN(S(=O)(=O)c4ccccc4S(C)(=O)=O)CC3)nc12. The van der Waals surface area contributed by atoms with Crippen LogP contribution in [0.2, 0.25) is 0 Å². The highest BCUT2D eigenvalue weighted by Gasteiger charge is 2.34. The van der Waals surface area contributed by atoms with Crippen LogP contribution < -0.4 is 5.32 Å².